The standard InChI is InChI=1S/C12H12N2.H2O3Se.Pt/c13-11-5-1-9(2-6-11)10-3-7-12(14)8-4-10;1-4(2)3;/h1-8H,13-14H2;(H2,1,2,3);/p+1. The molecule has 106 valence electrons. The van der Waals surface area contributed by atoms with Gasteiger partial charge in [-0.2, -0.15) is 0 Å². The minimum absolute atomic E-state index is 0. The average Bonchev–Trinajstić information content (AvgIpc) is 2.31. The summed E-state index contributed by atoms with van der Waals surface area (Å²) in [5.74, 6) is 0. The van der Waals surface area contributed by atoms with Gasteiger partial charge < -0.3 is 11.5 Å². The quantitative estimate of drug-likeness (QED) is 0.339. The molecule has 0 aliphatic carbocycles. The second-order valence-corrected chi connectivity index (χ2v) is 4.44. The van der Waals surface area contributed by atoms with Gasteiger partial charge in [0.05, 0.1) is 0 Å². The van der Waals surface area contributed by atoms with Crippen LogP contribution in [0, 0.1) is 0 Å². The van der Waals surface area contributed by atoms with Crippen LogP contribution in [-0.2, 0) is 24.9 Å². The summed E-state index contributed by atoms with van der Waals surface area (Å²) in [6, 6.07) is 15.6. The minimum atomic E-state index is -3.29. The minimum Gasteiger partial charge on any atom is 0 e. The van der Waals surface area contributed by atoms with E-state index in [0.29, 0.717) is 0 Å². The first-order chi connectivity index (χ1) is 8.49. The van der Waals surface area contributed by atoms with Crippen molar-refractivity contribution < 1.29 is 34.7 Å². The third-order valence-corrected chi connectivity index (χ3v) is 2.15. The van der Waals surface area contributed by atoms with Gasteiger partial charge in [0.25, 0.3) is 0 Å². The Bertz CT molecular complexity index is 476. The fraction of sp³-hybridized carbons (Fsp3) is 0. The van der Waals surface area contributed by atoms with E-state index < -0.39 is 14.5 Å². The normalized spacial score (nSPS) is 9.21. The molecule has 5 nitrogen and oxygen atoms in total. The molecule has 19 heavy (non-hydrogen) atoms. The van der Waals surface area contributed by atoms with Gasteiger partial charge >= 0.3 is 28.1 Å². The monoisotopic (exact) mass is 510 g/mol. The summed E-state index contributed by atoms with van der Waals surface area (Å²) in [5.41, 5.74) is 15.1. The van der Waals surface area contributed by atoms with Crippen molar-refractivity contribution >= 4 is 25.9 Å². The summed E-state index contributed by atoms with van der Waals surface area (Å²) in [5, 5.41) is 0. The molecular weight excluding hydrogens is 494 g/mol. The van der Waals surface area contributed by atoms with Crippen LogP contribution >= 0.6 is 0 Å². The maximum atomic E-state index is 8.76. The van der Waals surface area contributed by atoms with E-state index in [2.05, 4.69) is 0 Å². The summed E-state index contributed by atoms with van der Waals surface area (Å²) < 4.78 is 23.1. The number of nitrogens with two attached hydrogens (primary N) is 2. The molecular formula is C12H15N2O3PtSe+. The van der Waals surface area contributed by atoms with Gasteiger partial charge in [0.1, 0.15) is 0 Å². The van der Waals surface area contributed by atoms with Crippen molar-refractivity contribution in [1.29, 1.82) is 0 Å². The largest absolute Gasteiger partial charge is 1.00 e. The Morgan fingerprint density at radius 3 is 1.21 bits per heavy atom. The maximum absolute atomic E-state index is 8.76. The molecule has 0 saturated carbocycles. The number of hydrogen-bond donors (Lipinski definition) is 4. The summed E-state index contributed by atoms with van der Waals surface area (Å²) >= 11 is -3.29. The van der Waals surface area contributed by atoms with Crippen molar-refractivity contribution in [3.05, 3.63) is 48.5 Å². The van der Waals surface area contributed by atoms with Crippen LogP contribution in [0.15, 0.2) is 48.5 Å². The molecule has 0 aliphatic heterocycles. The molecule has 0 atom stereocenters. The van der Waals surface area contributed by atoms with Gasteiger partial charge in [0.15, 0.2) is 0 Å². The van der Waals surface area contributed by atoms with Crippen molar-refractivity contribution in [2.45, 2.75) is 0 Å². The molecule has 0 aliphatic rings. The van der Waals surface area contributed by atoms with E-state index >= 15 is 0 Å². The Hall–Kier alpha value is -1.03. The molecule has 0 radical (unpaired) electrons. The fourth-order valence-electron chi connectivity index (χ4n) is 1.35. The molecule has 0 saturated heterocycles. The van der Waals surface area contributed by atoms with E-state index in [1.165, 1.54) is 0 Å². The van der Waals surface area contributed by atoms with Crippen LogP contribution in [0.5, 0.6) is 0 Å². The summed E-state index contributed by atoms with van der Waals surface area (Å²) in [6.45, 7) is 0. The van der Waals surface area contributed by atoms with Crippen molar-refractivity contribution in [3.63, 3.8) is 0 Å². The summed E-state index contributed by atoms with van der Waals surface area (Å²) in [6.07, 6.45) is 0. The van der Waals surface area contributed by atoms with E-state index in [-0.39, 0.29) is 22.5 Å². The van der Waals surface area contributed by atoms with Crippen LogP contribution < -0.4 is 11.5 Å². The molecule has 0 fully saturated rings. The second-order valence-electron chi connectivity index (χ2n) is 3.47. The zero-order chi connectivity index (χ0) is 13.5. The van der Waals surface area contributed by atoms with Crippen LogP contribution in [-0.4, -0.2) is 22.9 Å². The van der Waals surface area contributed by atoms with Crippen LogP contribution in [0.1, 0.15) is 1.43 Å². The molecule has 2 aromatic rings. The van der Waals surface area contributed by atoms with E-state index in [4.69, 9.17) is 23.7 Å². The van der Waals surface area contributed by atoms with Gasteiger partial charge in [-0.25, -0.2) is 0 Å². The zero-order valence-electron chi connectivity index (χ0n) is 10.8. The smallest absolute Gasteiger partial charge is 0 e. The SMILES string of the molecule is Nc1ccc(-c2ccc(N)cc2)cc1.O=[Se](O)O.[H+].[Pt]. The number of benzene rings is 2. The van der Waals surface area contributed by atoms with Gasteiger partial charge in [-0.05, 0) is 35.4 Å². The summed E-state index contributed by atoms with van der Waals surface area (Å²) in [4.78, 5) is 0. The molecule has 7 heteroatoms. The van der Waals surface area contributed by atoms with E-state index in [1.807, 2.05) is 48.5 Å². The van der Waals surface area contributed by atoms with Crippen molar-refractivity contribution in [2.24, 2.45) is 0 Å². The number of hydrogen-bond acceptors (Lipinski definition) is 3. The topological polar surface area (TPSA) is 110 Å². The molecule has 2 rings (SSSR count). The molecule has 0 amide bonds. The number of rotatable bonds is 1. The van der Waals surface area contributed by atoms with Gasteiger partial charge in [0, 0.05) is 32.4 Å². The predicted molar refractivity (Wildman–Crippen MR) is 72.7 cm³/mol. The first kappa shape index (κ1) is 18.0. The maximum Gasteiger partial charge on any atom is 1.00 e. The van der Waals surface area contributed by atoms with E-state index in [0.717, 1.165) is 22.5 Å². The van der Waals surface area contributed by atoms with Gasteiger partial charge in [-0.1, -0.05) is 24.3 Å². The molecule has 0 aromatic heterocycles. The van der Waals surface area contributed by atoms with E-state index in [1.54, 1.807) is 0 Å². The van der Waals surface area contributed by atoms with Gasteiger partial charge in [-0.15, -0.1) is 0 Å². The predicted octanol–water partition coefficient (Wildman–Crippen LogP) is 1.01. The first-order valence-electron chi connectivity index (χ1n) is 5.00. The van der Waals surface area contributed by atoms with Crippen molar-refractivity contribution in [3.8, 4) is 11.1 Å². The fourth-order valence-corrected chi connectivity index (χ4v) is 1.35. The van der Waals surface area contributed by atoms with Crippen molar-refractivity contribution in [1.82, 2.24) is 0 Å². The van der Waals surface area contributed by atoms with Gasteiger partial charge in [0.2, 0.25) is 0 Å². The Balaban J connectivity index is 0. The Kier molecular flexibility index (Phi) is 8.48. The third kappa shape index (κ3) is 7.21. The summed E-state index contributed by atoms with van der Waals surface area (Å²) in [7, 11) is 0. The Labute approximate surface area is 131 Å². The van der Waals surface area contributed by atoms with Crippen LogP contribution in [0.25, 0.3) is 11.1 Å². The average molecular weight is 509 g/mol. The molecule has 0 unspecified atom stereocenters. The molecule has 2 aromatic carbocycles. The Morgan fingerprint density at radius 1 is 0.789 bits per heavy atom. The molecule has 0 spiro atoms. The van der Waals surface area contributed by atoms with Crippen molar-refractivity contribution in [2.75, 3.05) is 11.5 Å². The third-order valence-electron chi connectivity index (χ3n) is 2.15. The van der Waals surface area contributed by atoms with Gasteiger partial charge in [-0.3, -0.25) is 0 Å². The molecule has 6 N–H and O–H groups in total. The molecule has 0 bridgehead atoms. The van der Waals surface area contributed by atoms with E-state index in [9.17, 15) is 0 Å². The first-order valence-corrected chi connectivity index (χ1v) is 7.23. The Morgan fingerprint density at radius 2 is 1.00 bits per heavy atom. The van der Waals surface area contributed by atoms with Crippen LogP contribution in [0.4, 0.5) is 11.4 Å². The number of nitrogen functional groups attached to an aromatic ring is 2. The zero-order valence-corrected chi connectivity index (χ0v) is 13.8. The van der Waals surface area contributed by atoms with Crippen LogP contribution in [0.2, 0.25) is 0 Å². The number of anilines is 2. The second kappa shape index (κ2) is 8.96. The molecule has 0 heterocycles. The van der Waals surface area contributed by atoms with Crippen LogP contribution in [0.3, 0.4) is 0 Å².